The minimum Gasteiger partial charge on any atom is -0.452 e. The van der Waals surface area contributed by atoms with Crippen LogP contribution in [0.3, 0.4) is 0 Å². The molecule has 0 N–H and O–H groups in total. The highest BCUT2D eigenvalue weighted by Gasteiger charge is 2.28. The molecule has 246 valence electrons. The standard InChI is InChI=1S/C48H27N3OS/c1-2-16-32-28(11-1)25-26-35-34-19-8-12-29-13-9-22-39(42(29)34)51(45(32)35)31-15-7-14-30(27-31)48-49-43-37-18-3-5-23-40(37)52-46(43)44(50-48)38-21-10-20-36-33-17-4-6-24-41(33)53-47(36)38/h1-27H. The molecule has 5 heteroatoms. The van der Waals surface area contributed by atoms with Crippen molar-refractivity contribution in [2.24, 2.45) is 0 Å². The van der Waals surface area contributed by atoms with E-state index in [-0.39, 0.29) is 0 Å². The summed E-state index contributed by atoms with van der Waals surface area (Å²) in [6, 6.07) is 58.4. The molecule has 0 saturated heterocycles. The lowest BCUT2D eigenvalue weighted by atomic mass is 9.88. The summed E-state index contributed by atoms with van der Waals surface area (Å²) in [7, 11) is 0. The first kappa shape index (κ1) is 28.8. The average Bonchev–Trinajstić information content (AvgIpc) is 3.79. The Morgan fingerprint density at radius 1 is 0.528 bits per heavy atom. The Kier molecular flexibility index (Phi) is 5.90. The first-order chi connectivity index (χ1) is 26.3. The van der Waals surface area contributed by atoms with Crippen molar-refractivity contribution in [3.8, 4) is 33.8 Å². The van der Waals surface area contributed by atoms with Gasteiger partial charge in [0, 0.05) is 58.7 Å². The molecule has 0 bridgehead atoms. The van der Waals surface area contributed by atoms with E-state index >= 15 is 0 Å². The summed E-state index contributed by atoms with van der Waals surface area (Å²) in [6.45, 7) is 0. The van der Waals surface area contributed by atoms with E-state index in [4.69, 9.17) is 14.4 Å². The summed E-state index contributed by atoms with van der Waals surface area (Å²) in [6.07, 6.45) is 0. The van der Waals surface area contributed by atoms with Crippen LogP contribution in [0.15, 0.2) is 168 Å². The van der Waals surface area contributed by atoms with Gasteiger partial charge in [0.25, 0.3) is 0 Å². The Balaban J connectivity index is 1.12. The average molecular weight is 694 g/mol. The predicted molar refractivity (Wildman–Crippen MR) is 222 cm³/mol. The van der Waals surface area contributed by atoms with Crippen molar-refractivity contribution in [3.63, 3.8) is 0 Å². The third kappa shape index (κ3) is 4.11. The number of hydrogen-bond acceptors (Lipinski definition) is 5. The smallest absolute Gasteiger partial charge is 0.180 e. The number of nitrogens with zero attached hydrogens (tertiary/aromatic N) is 3. The number of thiophene rings is 1. The second-order valence-electron chi connectivity index (χ2n) is 13.7. The van der Waals surface area contributed by atoms with Crippen molar-refractivity contribution in [2.45, 2.75) is 0 Å². The van der Waals surface area contributed by atoms with Gasteiger partial charge in [0.1, 0.15) is 16.8 Å². The molecule has 0 radical (unpaired) electrons. The molecule has 0 amide bonds. The molecule has 12 rings (SSSR count). The molecular formula is C48H27N3OS. The number of furan rings is 1. The summed E-state index contributed by atoms with van der Waals surface area (Å²) in [5.74, 6) is 0.660. The summed E-state index contributed by atoms with van der Waals surface area (Å²) >= 11 is 1.80. The molecule has 0 aliphatic carbocycles. The highest BCUT2D eigenvalue weighted by Crippen LogP contribution is 2.53. The fraction of sp³-hybridized carbons (Fsp3) is 0. The maximum atomic E-state index is 6.59. The Morgan fingerprint density at radius 3 is 2.21 bits per heavy atom. The van der Waals surface area contributed by atoms with Gasteiger partial charge >= 0.3 is 0 Å². The predicted octanol–water partition coefficient (Wildman–Crippen LogP) is 13.8. The lowest BCUT2D eigenvalue weighted by Gasteiger charge is -2.34. The van der Waals surface area contributed by atoms with Gasteiger partial charge in [-0.05, 0) is 52.7 Å². The van der Waals surface area contributed by atoms with Gasteiger partial charge in [-0.1, -0.05) is 127 Å². The van der Waals surface area contributed by atoms with Gasteiger partial charge < -0.3 is 9.32 Å². The quantitative estimate of drug-likeness (QED) is 0.185. The molecule has 0 spiro atoms. The van der Waals surface area contributed by atoms with Crippen molar-refractivity contribution in [3.05, 3.63) is 164 Å². The van der Waals surface area contributed by atoms with Crippen molar-refractivity contribution in [1.29, 1.82) is 0 Å². The first-order valence-corrected chi connectivity index (χ1v) is 18.6. The van der Waals surface area contributed by atoms with Gasteiger partial charge in [-0.3, -0.25) is 0 Å². The van der Waals surface area contributed by atoms with Crippen molar-refractivity contribution in [1.82, 2.24) is 9.97 Å². The molecule has 0 unspecified atom stereocenters. The maximum Gasteiger partial charge on any atom is 0.180 e. The van der Waals surface area contributed by atoms with E-state index in [0.29, 0.717) is 11.4 Å². The van der Waals surface area contributed by atoms with Gasteiger partial charge in [0.15, 0.2) is 11.4 Å². The maximum absolute atomic E-state index is 6.59. The molecule has 53 heavy (non-hydrogen) atoms. The summed E-state index contributed by atoms with van der Waals surface area (Å²) in [5, 5.41) is 8.35. The highest BCUT2D eigenvalue weighted by atomic mass is 32.1. The third-order valence-corrected chi connectivity index (χ3v) is 12.0. The SMILES string of the molecule is c1cc(-c2nc(-c3cccc4c3sc3ccccc34)c3oc4ccccc4c3n2)cc(N2c3c(ccc4ccccc34)-c3cccc4cccc2c34)c1. The van der Waals surface area contributed by atoms with Gasteiger partial charge in [-0.15, -0.1) is 11.3 Å². The summed E-state index contributed by atoms with van der Waals surface area (Å²) in [4.78, 5) is 13.1. The van der Waals surface area contributed by atoms with Crippen LogP contribution >= 0.6 is 11.3 Å². The largest absolute Gasteiger partial charge is 0.452 e. The monoisotopic (exact) mass is 693 g/mol. The van der Waals surface area contributed by atoms with E-state index in [1.54, 1.807) is 11.3 Å². The van der Waals surface area contributed by atoms with Crippen LogP contribution in [0.2, 0.25) is 0 Å². The van der Waals surface area contributed by atoms with Crippen LogP contribution in [0.5, 0.6) is 0 Å². The second-order valence-corrected chi connectivity index (χ2v) is 14.8. The number of anilines is 3. The van der Waals surface area contributed by atoms with E-state index in [9.17, 15) is 0 Å². The van der Waals surface area contributed by atoms with Gasteiger partial charge in [-0.2, -0.15) is 0 Å². The number of hydrogen-bond donors (Lipinski definition) is 0. The fourth-order valence-corrected chi connectivity index (χ4v) is 9.67. The highest BCUT2D eigenvalue weighted by molar-refractivity contribution is 7.26. The Hall–Kier alpha value is -6.82. The molecule has 0 fully saturated rings. The van der Waals surface area contributed by atoms with E-state index in [1.807, 2.05) is 18.2 Å². The van der Waals surface area contributed by atoms with Crippen LogP contribution in [0.25, 0.3) is 97.6 Å². The molecule has 4 nitrogen and oxygen atoms in total. The van der Waals surface area contributed by atoms with Gasteiger partial charge in [-0.25, -0.2) is 9.97 Å². The molecule has 1 aliphatic heterocycles. The van der Waals surface area contributed by atoms with Crippen LogP contribution in [0.4, 0.5) is 17.1 Å². The Morgan fingerprint density at radius 2 is 1.26 bits per heavy atom. The van der Waals surface area contributed by atoms with Crippen molar-refractivity contribution in [2.75, 3.05) is 4.90 Å². The van der Waals surface area contributed by atoms with Crippen LogP contribution in [-0.4, -0.2) is 9.97 Å². The topological polar surface area (TPSA) is 42.2 Å². The number of benzene rings is 8. The van der Waals surface area contributed by atoms with Crippen LogP contribution in [-0.2, 0) is 0 Å². The number of aromatic nitrogens is 2. The molecular weight excluding hydrogens is 667 g/mol. The van der Waals surface area contributed by atoms with E-state index in [2.05, 4.69) is 150 Å². The minimum absolute atomic E-state index is 0.660. The van der Waals surface area contributed by atoms with Crippen LogP contribution < -0.4 is 4.90 Å². The van der Waals surface area contributed by atoms with Gasteiger partial charge in [0.05, 0.1) is 11.4 Å². The van der Waals surface area contributed by atoms with Crippen molar-refractivity contribution < 1.29 is 4.42 Å². The molecule has 8 aromatic carbocycles. The first-order valence-electron chi connectivity index (χ1n) is 17.8. The summed E-state index contributed by atoms with van der Waals surface area (Å²) < 4.78 is 9.03. The Labute approximate surface area is 307 Å². The normalized spacial score (nSPS) is 12.5. The second kappa shape index (κ2) is 10.8. The van der Waals surface area contributed by atoms with Crippen molar-refractivity contribution >= 4 is 92.2 Å². The zero-order chi connectivity index (χ0) is 34.6. The lowest BCUT2D eigenvalue weighted by molar-refractivity contribution is 0.667. The molecule has 4 heterocycles. The Bertz CT molecular complexity index is 3320. The van der Waals surface area contributed by atoms with E-state index < -0.39 is 0 Å². The lowest BCUT2D eigenvalue weighted by Crippen LogP contribution is -2.15. The summed E-state index contributed by atoms with van der Waals surface area (Å²) in [5.41, 5.74) is 11.0. The minimum atomic E-state index is 0.660. The van der Waals surface area contributed by atoms with E-state index in [1.165, 1.54) is 58.5 Å². The van der Waals surface area contributed by atoms with E-state index in [0.717, 1.165) is 44.7 Å². The zero-order valence-corrected chi connectivity index (χ0v) is 29.1. The molecule has 1 aliphatic rings. The van der Waals surface area contributed by atoms with Crippen LogP contribution in [0, 0.1) is 0 Å². The molecule has 0 saturated carbocycles. The zero-order valence-electron chi connectivity index (χ0n) is 28.2. The van der Waals surface area contributed by atoms with Crippen LogP contribution in [0.1, 0.15) is 0 Å². The molecule has 3 aromatic heterocycles. The third-order valence-electron chi connectivity index (χ3n) is 10.8. The molecule has 11 aromatic rings. The van der Waals surface area contributed by atoms with Gasteiger partial charge in [0.2, 0.25) is 0 Å². The number of rotatable bonds is 3. The molecule has 0 atom stereocenters. The number of para-hydroxylation sites is 1. The number of fused-ring (bicyclic) bond motifs is 10. The fourth-order valence-electron chi connectivity index (χ4n) is 8.45.